The smallest absolute Gasteiger partial charge is 0.223 e. The van der Waals surface area contributed by atoms with Crippen molar-refractivity contribution in [1.82, 2.24) is 14.7 Å². The molecule has 1 aliphatic rings. The van der Waals surface area contributed by atoms with Crippen molar-refractivity contribution in [3.63, 3.8) is 0 Å². The van der Waals surface area contributed by atoms with Crippen LogP contribution < -0.4 is 0 Å². The van der Waals surface area contributed by atoms with Crippen LogP contribution in [0.4, 0.5) is 0 Å². The van der Waals surface area contributed by atoms with E-state index < -0.39 is 0 Å². The quantitative estimate of drug-likeness (QED) is 0.814. The molecule has 0 spiro atoms. The minimum Gasteiger partial charge on any atom is -0.337 e. The van der Waals surface area contributed by atoms with Crippen LogP contribution in [-0.4, -0.2) is 27.1 Å². The average molecular weight is 295 g/mol. The number of fused-ring (bicyclic) bond motifs is 1. The second-order valence-corrected chi connectivity index (χ2v) is 5.80. The van der Waals surface area contributed by atoms with Gasteiger partial charge in [-0.05, 0) is 23.1 Å². The molecular formula is C18H21N3O. The first-order chi connectivity index (χ1) is 10.7. The Bertz CT molecular complexity index is 689. The molecule has 4 heteroatoms. The maximum absolute atomic E-state index is 12.4. The van der Waals surface area contributed by atoms with Gasteiger partial charge in [0.2, 0.25) is 5.91 Å². The zero-order valence-corrected chi connectivity index (χ0v) is 12.9. The van der Waals surface area contributed by atoms with Gasteiger partial charge < -0.3 is 4.90 Å². The van der Waals surface area contributed by atoms with Crippen LogP contribution in [0.3, 0.4) is 0 Å². The van der Waals surface area contributed by atoms with E-state index in [-0.39, 0.29) is 11.8 Å². The molecule has 0 N–H and O–H groups in total. The molecule has 1 aromatic carbocycles. The van der Waals surface area contributed by atoms with Crippen LogP contribution in [0.5, 0.6) is 0 Å². The minimum absolute atomic E-state index is 0.197. The highest BCUT2D eigenvalue weighted by atomic mass is 16.2. The molecule has 1 aromatic heterocycles. The predicted molar refractivity (Wildman–Crippen MR) is 86.3 cm³/mol. The molecule has 0 radical (unpaired) electrons. The fourth-order valence-corrected chi connectivity index (χ4v) is 3.09. The standard InChI is InChI=1S/C18H21N3O/c1-3-4-9-18(22)21-12-14-7-5-6-8-16(14)17(13-21)15-10-19-20(2)11-15/h3,5-8,10-11,17H,1,4,9,12-13H2,2H3. The molecule has 1 unspecified atom stereocenters. The number of aromatic nitrogens is 2. The Hall–Kier alpha value is -2.36. The lowest BCUT2D eigenvalue weighted by Crippen LogP contribution is -2.38. The Morgan fingerprint density at radius 2 is 2.27 bits per heavy atom. The van der Waals surface area contributed by atoms with Crippen molar-refractivity contribution >= 4 is 5.91 Å². The molecule has 3 rings (SSSR count). The number of nitrogens with zero attached hydrogens (tertiary/aromatic N) is 3. The van der Waals surface area contributed by atoms with Crippen LogP contribution >= 0.6 is 0 Å². The van der Waals surface area contributed by atoms with Gasteiger partial charge in [0.05, 0.1) is 6.20 Å². The maximum atomic E-state index is 12.4. The molecule has 0 saturated heterocycles. The molecule has 0 bridgehead atoms. The number of aryl methyl sites for hydroxylation is 1. The van der Waals surface area contributed by atoms with Crippen molar-refractivity contribution < 1.29 is 4.79 Å². The molecule has 0 saturated carbocycles. The summed E-state index contributed by atoms with van der Waals surface area (Å²) in [5.41, 5.74) is 3.70. The first kappa shape index (κ1) is 14.6. The Kier molecular flexibility index (Phi) is 4.09. The van der Waals surface area contributed by atoms with Gasteiger partial charge in [-0.25, -0.2) is 0 Å². The highest BCUT2D eigenvalue weighted by molar-refractivity contribution is 5.77. The van der Waals surface area contributed by atoms with E-state index in [0.29, 0.717) is 13.0 Å². The molecular weight excluding hydrogens is 274 g/mol. The van der Waals surface area contributed by atoms with Crippen molar-refractivity contribution in [2.75, 3.05) is 6.54 Å². The summed E-state index contributed by atoms with van der Waals surface area (Å²) in [5, 5.41) is 4.28. The van der Waals surface area contributed by atoms with Gasteiger partial charge in [-0.15, -0.1) is 6.58 Å². The van der Waals surface area contributed by atoms with Crippen LogP contribution in [0.1, 0.15) is 35.4 Å². The van der Waals surface area contributed by atoms with E-state index in [4.69, 9.17) is 0 Å². The van der Waals surface area contributed by atoms with E-state index in [9.17, 15) is 4.79 Å². The van der Waals surface area contributed by atoms with E-state index in [1.807, 2.05) is 35.1 Å². The van der Waals surface area contributed by atoms with Gasteiger partial charge in [-0.1, -0.05) is 30.3 Å². The fourth-order valence-electron chi connectivity index (χ4n) is 3.09. The fraction of sp³-hybridized carbons (Fsp3) is 0.333. The van der Waals surface area contributed by atoms with Gasteiger partial charge in [-0.3, -0.25) is 9.48 Å². The minimum atomic E-state index is 0.197. The Labute approximate surface area is 131 Å². The molecule has 2 heterocycles. The predicted octanol–water partition coefficient (Wildman–Crippen LogP) is 2.86. The number of rotatable bonds is 4. The number of hydrogen-bond acceptors (Lipinski definition) is 2. The van der Waals surface area contributed by atoms with Crippen molar-refractivity contribution in [3.8, 4) is 0 Å². The van der Waals surface area contributed by atoms with Gasteiger partial charge in [0.25, 0.3) is 0 Å². The second-order valence-electron chi connectivity index (χ2n) is 5.80. The van der Waals surface area contributed by atoms with Crippen LogP contribution in [-0.2, 0) is 18.4 Å². The van der Waals surface area contributed by atoms with E-state index in [2.05, 4.69) is 29.9 Å². The van der Waals surface area contributed by atoms with Crippen molar-refractivity contribution in [3.05, 3.63) is 66.0 Å². The van der Waals surface area contributed by atoms with Crippen molar-refractivity contribution in [2.24, 2.45) is 7.05 Å². The summed E-state index contributed by atoms with van der Waals surface area (Å²) in [6.45, 7) is 5.12. The number of carbonyl (C=O) groups excluding carboxylic acids is 1. The van der Waals surface area contributed by atoms with Gasteiger partial charge in [0, 0.05) is 38.7 Å². The van der Waals surface area contributed by atoms with Gasteiger partial charge in [-0.2, -0.15) is 5.10 Å². The highest BCUT2D eigenvalue weighted by Gasteiger charge is 2.29. The van der Waals surface area contributed by atoms with E-state index in [0.717, 1.165) is 18.5 Å². The number of carbonyl (C=O) groups is 1. The summed E-state index contributed by atoms with van der Waals surface area (Å²) in [6, 6.07) is 8.39. The van der Waals surface area contributed by atoms with Crippen LogP contribution in [0.2, 0.25) is 0 Å². The van der Waals surface area contributed by atoms with Crippen LogP contribution in [0.15, 0.2) is 49.3 Å². The molecule has 114 valence electrons. The third-order valence-electron chi connectivity index (χ3n) is 4.24. The number of amides is 1. The molecule has 1 atom stereocenters. The Morgan fingerprint density at radius 1 is 1.45 bits per heavy atom. The number of hydrogen-bond donors (Lipinski definition) is 0. The molecule has 0 fully saturated rings. The topological polar surface area (TPSA) is 38.1 Å². The third-order valence-corrected chi connectivity index (χ3v) is 4.24. The summed E-state index contributed by atoms with van der Waals surface area (Å²) in [4.78, 5) is 14.4. The second kappa shape index (κ2) is 6.18. The van der Waals surface area contributed by atoms with Crippen molar-refractivity contribution in [1.29, 1.82) is 0 Å². The summed E-state index contributed by atoms with van der Waals surface area (Å²) in [7, 11) is 1.92. The lowest BCUT2D eigenvalue weighted by molar-refractivity contribution is -0.132. The summed E-state index contributed by atoms with van der Waals surface area (Å²) >= 11 is 0. The zero-order valence-electron chi connectivity index (χ0n) is 12.9. The first-order valence-electron chi connectivity index (χ1n) is 7.64. The van der Waals surface area contributed by atoms with Crippen LogP contribution in [0.25, 0.3) is 0 Å². The molecule has 22 heavy (non-hydrogen) atoms. The van der Waals surface area contributed by atoms with Crippen molar-refractivity contribution in [2.45, 2.75) is 25.3 Å². The Morgan fingerprint density at radius 3 is 3.00 bits per heavy atom. The molecule has 2 aromatic rings. The lowest BCUT2D eigenvalue weighted by Gasteiger charge is -2.34. The average Bonchev–Trinajstić information content (AvgIpc) is 2.97. The highest BCUT2D eigenvalue weighted by Crippen LogP contribution is 2.33. The third kappa shape index (κ3) is 2.82. The van der Waals surface area contributed by atoms with Gasteiger partial charge in [0.1, 0.15) is 0 Å². The Balaban J connectivity index is 1.91. The van der Waals surface area contributed by atoms with E-state index in [1.165, 1.54) is 11.1 Å². The maximum Gasteiger partial charge on any atom is 0.223 e. The summed E-state index contributed by atoms with van der Waals surface area (Å²) < 4.78 is 1.82. The molecule has 1 aliphatic heterocycles. The first-order valence-corrected chi connectivity index (χ1v) is 7.64. The van der Waals surface area contributed by atoms with Gasteiger partial charge in [0.15, 0.2) is 0 Å². The molecule has 1 amide bonds. The summed E-state index contributed by atoms with van der Waals surface area (Å²) in [5.74, 6) is 0.398. The monoisotopic (exact) mass is 295 g/mol. The molecule has 0 aliphatic carbocycles. The van der Waals surface area contributed by atoms with Crippen LogP contribution in [0, 0.1) is 0 Å². The van der Waals surface area contributed by atoms with Gasteiger partial charge >= 0.3 is 0 Å². The number of allylic oxidation sites excluding steroid dienone is 1. The normalized spacial score (nSPS) is 17.1. The zero-order chi connectivity index (χ0) is 15.5. The van der Waals surface area contributed by atoms with E-state index >= 15 is 0 Å². The molecule has 4 nitrogen and oxygen atoms in total. The van der Waals surface area contributed by atoms with E-state index in [1.54, 1.807) is 6.08 Å². The largest absolute Gasteiger partial charge is 0.337 e. The number of benzene rings is 1. The summed E-state index contributed by atoms with van der Waals surface area (Å²) in [6.07, 6.45) is 7.01. The SMILES string of the molecule is C=CCCC(=O)N1Cc2ccccc2C(c2cnn(C)c2)C1. The lowest BCUT2D eigenvalue weighted by atomic mass is 9.86.